The summed E-state index contributed by atoms with van der Waals surface area (Å²) in [5, 5.41) is 4.11. The molecule has 2 atom stereocenters. The Labute approximate surface area is 152 Å². The Morgan fingerprint density at radius 3 is 2.74 bits per heavy atom. The molecule has 12 nitrogen and oxygen atoms in total. The zero-order valence-corrected chi connectivity index (χ0v) is 14.7. The molecule has 3 rings (SSSR count). The van der Waals surface area contributed by atoms with Gasteiger partial charge in [-0.15, -0.1) is 0 Å². The van der Waals surface area contributed by atoms with E-state index in [0.29, 0.717) is 18.0 Å². The summed E-state index contributed by atoms with van der Waals surface area (Å²) in [6.45, 7) is 0.429. The van der Waals surface area contributed by atoms with Gasteiger partial charge in [0.1, 0.15) is 0 Å². The minimum atomic E-state index is -5.10. The number of rotatable bonds is 4. The summed E-state index contributed by atoms with van der Waals surface area (Å²) >= 11 is 0. The van der Waals surface area contributed by atoms with Gasteiger partial charge in [0.25, 0.3) is 0 Å². The van der Waals surface area contributed by atoms with Crippen molar-refractivity contribution in [2.75, 3.05) is 13.1 Å². The Balaban J connectivity index is 0.00000192. The van der Waals surface area contributed by atoms with Crippen LogP contribution in [0.4, 0.5) is 4.79 Å². The van der Waals surface area contributed by atoms with Crippen molar-refractivity contribution in [3.8, 4) is 0 Å². The van der Waals surface area contributed by atoms with Gasteiger partial charge < -0.3 is 19.7 Å². The van der Waals surface area contributed by atoms with Gasteiger partial charge in [0.05, 0.1) is 6.04 Å². The van der Waals surface area contributed by atoms with E-state index in [1.54, 1.807) is 0 Å². The molecule has 3 amide bonds. The van der Waals surface area contributed by atoms with E-state index in [0.717, 1.165) is 0 Å². The summed E-state index contributed by atoms with van der Waals surface area (Å²) in [5.74, 6) is -1.77. The molecular weight excluding hydrogens is 345 g/mol. The van der Waals surface area contributed by atoms with Gasteiger partial charge in [-0.2, -0.15) is 14.3 Å². The summed E-state index contributed by atoms with van der Waals surface area (Å²) in [6, 6.07) is -1.52. The minimum absolute atomic E-state index is 0. The first-order valence-electron chi connectivity index (χ1n) is 6.13. The van der Waals surface area contributed by atoms with Crippen molar-refractivity contribution in [3.63, 3.8) is 0 Å². The van der Waals surface area contributed by atoms with Crippen LogP contribution in [-0.4, -0.2) is 64.1 Å². The molecule has 0 saturated carbocycles. The number of nitrogens with zero attached hydrogens (tertiary/aromatic N) is 4. The van der Waals surface area contributed by atoms with Gasteiger partial charge in [-0.05, 0) is 6.42 Å². The molecule has 2 fully saturated rings. The number of amides is 3. The maximum atomic E-state index is 11.9. The van der Waals surface area contributed by atoms with E-state index in [2.05, 4.69) is 18.9 Å². The molecule has 23 heavy (non-hydrogen) atoms. The molecular formula is C9H10N5NaO7S. The zero-order chi connectivity index (χ0) is 16.1. The third-order valence-corrected chi connectivity index (χ3v) is 3.84. The predicted molar refractivity (Wildman–Crippen MR) is 63.6 cm³/mol. The number of hydroxylamine groups is 2. The van der Waals surface area contributed by atoms with Crippen LogP contribution in [0.15, 0.2) is 4.52 Å². The van der Waals surface area contributed by atoms with Crippen molar-refractivity contribution in [2.24, 2.45) is 5.73 Å². The second-order valence-corrected chi connectivity index (χ2v) is 5.79. The van der Waals surface area contributed by atoms with Crippen LogP contribution in [0.5, 0.6) is 0 Å². The average Bonchev–Trinajstić information content (AvgIpc) is 2.99. The van der Waals surface area contributed by atoms with Gasteiger partial charge >= 0.3 is 47.4 Å². The van der Waals surface area contributed by atoms with Crippen molar-refractivity contribution >= 4 is 22.3 Å². The Hall–Kier alpha value is -1.25. The topological polar surface area (TPSA) is 172 Å². The molecule has 2 aliphatic rings. The molecule has 0 radical (unpaired) electrons. The Morgan fingerprint density at radius 1 is 1.48 bits per heavy atom. The average molecular weight is 355 g/mol. The largest absolute Gasteiger partial charge is 1.00 e. The van der Waals surface area contributed by atoms with Crippen LogP contribution in [0.3, 0.4) is 0 Å². The summed E-state index contributed by atoms with van der Waals surface area (Å²) in [5.41, 5.74) is 5.01. The van der Waals surface area contributed by atoms with E-state index in [1.807, 2.05) is 0 Å². The van der Waals surface area contributed by atoms with Gasteiger partial charge in [-0.3, -0.25) is 4.79 Å². The van der Waals surface area contributed by atoms with E-state index >= 15 is 0 Å². The molecule has 0 unspecified atom stereocenters. The third-order valence-electron chi connectivity index (χ3n) is 3.50. The number of primary amides is 1. The zero-order valence-electron chi connectivity index (χ0n) is 11.9. The molecule has 2 saturated heterocycles. The Kier molecular flexibility index (Phi) is 4.98. The van der Waals surface area contributed by atoms with Gasteiger partial charge in [0.15, 0.2) is 5.82 Å². The molecule has 2 bridgehead atoms. The number of carbonyl (C=O) groups is 2. The molecule has 0 aromatic carbocycles. The SMILES string of the molecule is NC(=O)c1nc([C@@H]2CCN3C[C@@H]2N(OS(=O)(=O)[O-])C3=O)no1.[Na+]. The second kappa shape index (κ2) is 6.33. The second-order valence-electron chi connectivity index (χ2n) is 4.82. The molecule has 3 heterocycles. The van der Waals surface area contributed by atoms with Crippen LogP contribution in [0, 0.1) is 0 Å². The molecule has 14 heteroatoms. The summed E-state index contributed by atoms with van der Waals surface area (Å²) in [7, 11) is -5.10. The third kappa shape index (κ3) is 3.49. The Bertz CT molecular complexity index is 736. The van der Waals surface area contributed by atoms with E-state index in [4.69, 9.17) is 5.73 Å². The van der Waals surface area contributed by atoms with Crippen LogP contribution < -0.4 is 35.3 Å². The van der Waals surface area contributed by atoms with Crippen LogP contribution >= 0.6 is 0 Å². The first-order chi connectivity index (χ1) is 10.3. The van der Waals surface area contributed by atoms with Gasteiger partial charge in [0, 0.05) is 19.0 Å². The number of nitrogens with two attached hydrogens (primary N) is 1. The van der Waals surface area contributed by atoms with Crippen LogP contribution in [0.1, 0.15) is 28.8 Å². The number of hydrogen-bond donors (Lipinski definition) is 1. The first-order valence-corrected chi connectivity index (χ1v) is 7.46. The molecule has 120 valence electrons. The minimum Gasteiger partial charge on any atom is -0.724 e. The molecule has 2 aliphatic heterocycles. The molecule has 0 aliphatic carbocycles. The molecule has 1 aromatic heterocycles. The van der Waals surface area contributed by atoms with Crippen molar-refractivity contribution in [2.45, 2.75) is 18.4 Å². The number of urea groups is 1. The Morgan fingerprint density at radius 2 is 2.17 bits per heavy atom. The molecule has 0 spiro atoms. The fourth-order valence-electron chi connectivity index (χ4n) is 2.60. The van der Waals surface area contributed by atoms with Gasteiger partial charge in [-0.1, -0.05) is 5.16 Å². The number of hydrogen-bond acceptors (Lipinski definition) is 9. The molecule has 2 N–H and O–H groups in total. The number of piperidine rings is 1. The first kappa shape index (κ1) is 18.1. The fourth-order valence-corrected chi connectivity index (χ4v) is 2.97. The standard InChI is InChI=1S/C9H11N5O7S.Na/c10-6(15)8-11-7(12-20-8)4-1-2-13-3-5(4)14(9(13)16)21-22(17,18)19;/h4-5H,1-3H2,(H2,10,15)(H,17,18,19);/q;+1/p-1/t4-,5+;/m1./s1. The van der Waals surface area contributed by atoms with Crippen molar-refractivity contribution < 1.29 is 60.9 Å². The van der Waals surface area contributed by atoms with Gasteiger partial charge in [0.2, 0.25) is 10.4 Å². The van der Waals surface area contributed by atoms with E-state index in [9.17, 15) is 22.6 Å². The van der Waals surface area contributed by atoms with Crippen molar-refractivity contribution in [1.82, 2.24) is 20.1 Å². The summed E-state index contributed by atoms with van der Waals surface area (Å²) in [6.07, 6.45) is 0.382. The van der Waals surface area contributed by atoms with Gasteiger partial charge in [-0.25, -0.2) is 13.2 Å². The summed E-state index contributed by atoms with van der Waals surface area (Å²) in [4.78, 5) is 28.1. The molecule has 1 aromatic rings. The number of aromatic nitrogens is 2. The van der Waals surface area contributed by atoms with Crippen LogP contribution in [-0.2, 0) is 14.7 Å². The van der Waals surface area contributed by atoms with E-state index < -0.39 is 40.2 Å². The summed E-state index contributed by atoms with van der Waals surface area (Å²) < 4.78 is 41.2. The monoisotopic (exact) mass is 355 g/mol. The predicted octanol–water partition coefficient (Wildman–Crippen LogP) is -4.84. The van der Waals surface area contributed by atoms with Crippen LogP contribution in [0.25, 0.3) is 0 Å². The fraction of sp³-hybridized carbons (Fsp3) is 0.556. The quantitative estimate of drug-likeness (QED) is 0.316. The van der Waals surface area contributed by atoms with Crippen LogP contribution in [0.2, 0.25) is 0 Å². The normalized spacial score (nSPS) is 23.8. The number of fused-ring (bicyclic) bond motifs is 2. The maximum Gasteiger partial charge on any atom is 1.00 e. The van der Waals surface area contributed by atoms with E-state index in [1.165, 1.54) is 4.90 Å². The maximum absolute atomic E-state index is 11.9. The van der Waals surface area contributed by atoms with Crippen molar-refractivity contribution in [3.05, 3.63) is 11.7 Å². The van der Waals surface area contributed by atoms with Crippen molar-refractivity contribution in [1.29, 1.82) is 0 Å². The number of carbonyl (C=O) groups excluding carboxylic acids is 2. The van der Waals surface area contributed by atoms with E-state index in [-0.39, 0.29) is 41.9 Å². The smallest absolute Gasteiger partial charge is 0.724 e.